The predicted octanol–water partition coefficient (Wildman–Crippen LogP) is 3.96. The van der Waals surface area contributed by atoms with E-state index in [0.29, 0.717) is 0 Å². The summed E-state index contributed by atoms with van der Waals surface area (Å²) in [6, 6.07) is 29.5. The van der Waals surface area contributed by atoms with Crippen molar-refractivity contribution in [3.63, 3.8) is 0 Å². The van der Waals surface area contributed by atoms with Crippen molar-refractivity contribution in [2.45, 2.75) is 20.5 Å². The van der Waals surface area contributed by atoms with Crippen LogP contribution in [0.2, 0.25) is 0 Å². The van der Waals surface area contributed by atoms with E-state index in [0.717, 1.165) is 5.56 Å². The van der Waals surface area contributed by atoms with Gasteiger partial charge in [0, 0.05) is 0 Å². The third kappa shape index (κ3) is 4.51. The van der Waals surface area contributed by atoms with E-state index in [-0.39, 0.29) is 6.61 Å². The molecule has 23 heavy (non-hydrogen) atoms. The summed E-state index contributed by atoms with van der Waals surface area (Å²) in [5.74, 6) is 0. The summed E-state index contributed by atoms with van der Waals surface area (Å²) in [4.78, 5) is 0. The molecule has 0 heterocycles. The molecule has 0 aromatic heterocycles. The minimum Gasteiger partial charge on any atom is -0.392 e. The smallest absolute Gasteiger partial charge is 0.0681 e. The summed E-state index contributed by atoms with van der Waals surface area (Å²) >= 11 is 0. The minimum absolute atomic E-state index is 0.0921. The van der Waals surface area contributed by atoms with Gasteiger partial charge in [0.1, 0.15) is 0 Å². The Morgan fingerprint density at radius 3 is 1.39 bits per heavy atom. The maximum Gasteiger partial charge on any atom is 0.0681 e. The number of benzene rings is 3. The van der Waals surface area contributed by atoms with Gasteiger partial charge in [-0.15, -0.1) is 0 Å². The fraction of sp³-hybridized carbons (Fsp3) is 0.143. The first kappa shape index (κ1) is 17.4. The SMILES string of the molecule is CC.OCc1ccc(P(c2ccccc2)c2ccccc2)cc1. The molecule has 118 valence electrons. The fourth-order valence-electron chi connectivity index (χ4n) is 2.35. The van der Waals surface area contributed by atoms with E-state index in [4.69, 9.17) is 0 Å². The van der Waals surface area contributed by atoms with Crippen LogP contribution < -0.4 is 15.9 Å². The van der Waals surface area contributed by atoms with Crippen molar-refractivity contribution in [1.82, 2.24) is 0 Å². The molecule has 0 saturated carbocycles. The maximum absolute atomic E-state index is 9.21. The van der Waals surface area contributed by atoms with Gasteiger partial charge in [-0.3, -0.25) is 0 Å². The first-order valence-corrected chi connectivity index (χ1v) is 9.32. The van der Waals surface area contributed by atoms with Gasteiger partial charge < -0.3 is 5.11 Å². The Hall–Kier alpha value is -1.95. The summed E-state index contributed by atoms with van der Waals surface area (Å²) in [5, 5.41) is 13.2. The van der Waals surface area contributed by atoms with E-state index in [9.17, 15) is 5.11 Å². The quantitative estimate of drug-likeness (QED) is 0.721. The van der Waals surface area contributed by atoms with Gasteiger partial charge in [-0.2, -0.15) is 0 Å². The lowest BCUT2D eigenvalue weighted by Gasteiger charge is -2.19. The van der Waals surface area contributed by atoms with Crippen LogP contribution in [0, 0.1) is 0 Å². The topological polar surface area (TPSA) is 20.2 Å². The molecule has 0 bridgehead atoms. The number of aliphatic hydroxyl groups is 1. The standard InChI is InChI=1S/C19H17OP.C2H6/c20-15-16-11-13-19(14-12-16)21(17-7-3-1-4-8-17)18-9-5-2-6-10-18;1-2/h1-14,20H,15H2;1-2H3. The number of aliphatic hydroxyl groups excluding tert-OH is 1. The molecule has 0 unspecified atom stereocenters. The van der Waals surface area contributed by atoms with Crippen molar-refractivity contribution in [2.75, 3.05) is 0 Å². The molecule has 3 rings (SSSR count). The average molecular weight is 322 g/mol. The van der Waals surface area contributed by atoms with Gasteiger partial charge in [-0.25, -0.2) is 0 Å². The molecule has 0 amide bonds. The Morgan fingerprint density at radius 1 is 0.609 bits per heavy atom. The van der Waals surface area contributed by atoms with Crippen molar-refractivity contribution in [2.24, 2.45) is 0 Å². The van der Waals surface area contributed by atoms with Crippen molar-refractivity contribution < 1.29 is 5.11 Å². The van der Waals surface area contributed by atoms with Crippen LogP contribution in [-0.2, 0) is 6.61 Å². The van der Waals surface area contributed by atoms with Gasteiger partial charge in [0.05, 0.1) is 6.61 Å². The highest BCUT2D eigenvalue weighted by molar-refractivity contribution is 7.79. The molecular weight excluding hydrogens is 299 g/mol. The second-order valence-corrected chi connectivity index (χ2v) is 7.05. The number of rotatable bonds is 4. The second-order valence-electron chi connectivity index (χ2n) is 4.83. The molecule has 3 aromatic carbocycles. The van der Waals surface area contributed by atoms with Crippen LogP contribution in [0.15, 0.2) is 84.9 Å². The van der Waals surface area contributed by atoms with Crippen LogP contribution in [0.4, 0.5) is 0 Å². The Kier molecular flexibility index (Phi) is 7.00. The zero-order valence-electron chi connectivity index (χ0n) is 13.7. The molecular formula is C21H23OP. The largest absolute Gasteiger partial charge is 0.392 e. The molecule has 0 atom stereocenters. The minimum atomic E-state index is -0.545. The zero-order valence-corrected chi connectivity index (χ0v) is 14.6. The normalized spacial score (nSPS) is 10.1. The highest BCUT2D eigenvalue weighted by Crippen LogP contribution is 2.32. The van der Waals surface area contributed by atoms with Gasteiger partial charge in [0.2, 0.25) is 0 Å². The molecule has 1 N–H and O–H groups in total. The summed E-state index contributed by atoms with van der Waals surface area (Å²) in [5.41, 5.74) is 0.954. The van der Waals surface area contributed by atoms with E-state index in [1.165, 1.54) is 15.9 Å². The molecule has 0 aliphatic rings. The summed E-state index contributed by atoms with van der Waals surface area (Å²) < 4.78 is 0. The highest BCUT2D eigenvalue weighted by Gasteiger charge is 2.15. The zero-order chi connectivity index (χ0) is 16.5. The van der Waals surface area contributed by atoms with Crippen LogP contribution >= 0.6 is 7.92 Å². The van der Waals surface area contributed by atoms with Gasteiger partial charge in [0.25, 0.3) is 0 Å². The van der Waals surface area contributed by atoms with Gasteiger partial charge in [0.15, 0.2) is 0 Å². The van der Waals surface area contributed by atoms with Crippen molar-refractivity contribution in [3.8, 4) is 0 Å². The van der Waals surface area contributed by atoms with Crippen molar-refractivity contribution >= 4 is 23.8 Å². The summed E-state index contributed by atoms with van der Waals surface area (Å²) in [6.45, 7) is 4.09. The Morgan fingerprint density at radius 2 is 1.00 bits per heavy atom. The monoisotopic (exact) mass is 322 g/mol. The van der Waals surface area contributed by atoms with Gasteiger partial charge >= 0.3 is 0 Å². The van der Waals surface area contributed by atoms with Crippen LogP contribution in [0.3, 0.4) is 0 Å². The van der Waals surface area contributed by atoms with E-state index in [2.05, 4.69) is 72.8 Å². The maximum atomic E-state index is 9.21. The molecule has 0 fully saturated rings. The molecule has 2 heteroatoms. The Bertz CT molecular complexity index is 639. The van der Waals surface area contributed by atoms with Crippen LogP contribution in [-0.4, -0.2) is 5.11 Å². The third-order valence-electron chi connectivity index (χ3n) is 3.41. The van der Waals surface area contributed by atoms with Crippen LogP contribution in [0.1, 0.15) is 19.4 Å². The van der Waals surface area contributed by atoms with Crippen LogP contribution in [0.25, 0.3) is 0 Å². The van der Waals surface area contributed by atoms with Gasteiger partial charge in [-0.1, -0.05) is 98.8 Å². The summed E-state index contributed by atoms with van der Waals surface area (Å²) in [7, 11) is -0.545. The third-order valence-corrected chi connectivity index (χ3v) is 5.85. The number of hydrogen-bond donors (Lipinski definition) is 1. The molecule has 0 radical (unpaired) electrons. The van der Waals surface area contributed by atoms with E-state index >= 15 is 0 Å². The van der Waals surface area contributed by atoms with E-state index in [1.807, 2.05) is 26.0 Å². The molecule has 1 nitrogen and oxygen atoms in total. The molecule has 0 aliphatic carbocycles. The predicted molar refractivity (Wildman–Crippen MR) is 102 cm³/mol. The number of hydrogen-bond acceptors (Lipinski definition) is 1. The van der Waals surface area contributed by atoms with Crippen molar-refractivity contribution in [1.29, 1.82) is 0 Å². The summed E-state index contributed by atoms with van der Waals surface area (Å²) in [6.07, 6.45) is 0. The molecule has 0 saturated heterocycles. The highest BCUT2D eigenvalue weighted by atomic mass is 31.1. The lowest BCUT2D eigenvalue weighted by Crippen LogP contribution is -2.20. The average Bonchev–Trinajstić information content (AvgIpc) is 2.66. The Labute approximate surface area is 140 Å². The lowest BCUT2D eigenvalue weighted by atomic mass is 10.2. The Balaban J connectivity index is 0.000000924. The molecule has 3 aromatic rings. The van der Waals surface area contributed by atoms with Crippen LogP contribution in [0.5, 0.6) is 0 Å². The van der Waals surface area contributed by atoms with E-state index in [1.54, 1.807) is 0 Å². The van der Waals surface area contributed by atoms with Crippen molar-refractivity contribution in [3.05, 3.63) is 90.5 Å². The molecule has 0 spiro atoms. The second kappa shape index (κ2) is 9.25. The van der Waals surface area contributed by atoms with E-state index < -0.39 is 7.92 Å². The first-order chi connectivity index (χ1) is 11.4. The first-order valence-electron chi connectivity index (χ1n) is 7.98. The fourth-order valence-corrected chi connectivity index (χ4v) is 4.63. The lowest BCUT2D eigenvalue weighted by molar-refractivity contribution is 0.282. The van der Waals surface area contributed by atoms with Gasteiger partial charge in [-0.05, 0) is 29.4 Å². The molecule has 0 aliphatic heterocycles.